The van der Waals surface area contributed by atoms with Gasteiger partial charge in [-0.25, -0.2) is 0 Å². The summed E-state index contributed by atoms with van der Waals surface area (Å²) in [5, 5.41) is 8.97. The zero-order chi connectivity index (χ0) is 12.5. The van der Waals surface area contributed by atoms with E-state index in [1.165, 1.54) is 4.90 Å². The van der Waals surface area contributed by atoms with Crippen molar-refractivity contribution in [3.05, 3.63) is 0 Å². The smallest absolute Gasteiger partial charge is 0.325 e. The highest BCUT2D eigenvalue weighted by Gasteiger charge is 2.43. The van der Waals surface area contributed by atoms with Crippen LogP contribution in [-0.4, -0.2) is 65.5 Å². The molecule has 1 rings (SSSR count). The highest BCUT2D eigenvalue weighted by atomic mass is 16.4. The summed E-state index contributed by atoms with van der Waals surface area (Å²) in [6, 6.07) is -0.320. The van der Waals surface area contributed by atoms with E-state index in [4.69, 9.17) is 10.8 Å². The van der Waals surface area contributed by atoms with Gasteiger partial charge in [-0.3, -0.25) is 14.5 Å². The van der Waals surface area contributed by atoms with Crippen LogP contribution in [0.2, 0.25) is 0 Å². The fourth-order valence-electron chi connectivity index (χ4n) is 1.90. The maximum atomic E-state index is 11.7. The maximum absolute atomic E-state index is 11.7. The number of nitrogens with two attached hydrogens (primary N) is 1. The van der Waals surface area contributed by atoms with Crippen molar-refractivity contribution in [2.45, 2.75) is 24.9 Å². The Labute approximate surface area is 95.0 Å². The minimum Gasteiger partial charge on any atom is -0.480 e. The molecule has 1 saturated heterocycles. The Morgan fingerprint density at radius 2 is 2.06 bits per heavy atom. The summed E-state index contributed by atoms with van der Waals surface area (Å²) >= 11 is 0. The molecule has 1 heterocycles. The molecule has 3 N–H and O–H groups in total. The highest BCUT2D eigenvalue weighted by molar-refractivity contribution is 5.82. The topological polar surface area (TPSA) is 86.9 Å². The number of carbonyl (C=O) groups is 2. The lowest BCUT2D eigenvalue weighted by molar-refractivity contribution is -0.143. The standard InChI is InChI=1S/C10H19N3O3/c1-7(8(14)12(2)3)13-5-4-10(11,6-13)9(15)16/h7H,4-6,11H2,1-3H3,(H,15,16). The Morgan fingerprint density at radius 1 is 1.50 bits per heavy atom. The zero-order valence-corrected chi connectivity index (χ0v) is 9.93. The van der Waals surface area contributed by atoms with Gasteiger partial charge in [-0.1, -0.05) is 0 Å². The molecule has 0 bridgehead atoms. The number of nitrogens with zero attached hydrogens (tertiary/aromatic N) is 2. The summed E-state index contributed by atoms with van der Waals surface area (Å²) in [5.74, 6) is -1.03. The number of carboxylic acid groups (broad SMARTS) is 1. The molecule has 1 aliphatic rings. The van der Waals surface area contributed by atoms with Gasteiger partial charge in [-0.15, -0.1) is 0 Å². The van der Waals surface area contributed by atoms with Crippen LogP contribution in [0.3, 0.4) is 0 Å². The first-order valence-corrected chi connectivity index (χ1v) is 5.25. The number of rotatable bonds is 3. The Hall–Kier alpha value is -1.14. The van der Waals surface area contributed by atoms with Gasteiger partial charge in [0.15, 0.2) is 0 Å². The van der Waals surface area contributed by atoms with E-state index < -0.39 is 11.5 Å². The number of aliphatic carboxylic acids is 1. The second-order valence-corrected chi connectivity index (χ2v) is 4.59. The van der Waals surface area contributed by atoms with E-state index in [2.05, 4.69) is 0 Å². The van der Waals surface area contributed by atoms with Crippen LogP contribution in [0.4, 0.5) is 0 Å². The van der Waals surface area contributed by atoms with Gasteiger partial charge in [0.2, 0.25) is 5.91 Å². The van der Waals surface area contributed by atoms with Gasteiger partial charge in [0.05, 0.1) is 6.04 Å². The minimum absolute atomic E-state index is 0.0327. The third kappa shape index (κ3) is 2.33. The third-order valence-corrected chi connectivity index (χ3v) is 3.10. The first-order valence-electron chi connectivity index (χ1n) is 5.25. The average Bonchev–Trinajstić information content (AvgIpc) is 2.60. The van der Waals surface area contributed by atoms with Crippen LogP contribution >= 0.6 is 0 Å². The van der Waals surface area contributed by atoms with Gasteiger partial charge >= 0.3 is 5.97 Å². The summed E-state index contributed by atoms with van der Waals surface area (Å²) in [7, 11) is 3.36. The van der Waals surface area contributed by atoms with E-state index in [0.29, 0.717) is 13.0 Å². The second kappa shape index (κ2) is 4.39. The molecule has 6 heteroatoms. The van der Waals surface area contributed by atoms with Crippen LogP contribution in [-0.2, 0) is 9.59 Å². The summed E-state index contributed by atoms with van der Waals surface area (Å²) in [5.41, 5.74) is 4.53. The van der Waals surface area contributed by atoms with Crippen molar-refractivity contribution in [1.82, 2.24) is 9.80 Å². The molecule has 1 aliphatic heterocycles. The Morgan fingerprint density at radius 3 is 2.44 bits per heavy atom. The largest absolute Gasteiger partial charge is 0.480 e. The number of amides is 1. The molecule has 1 fully saturated rings. The summed E-state index contributed by atoms with van der Waals surface area (Å²) < 4.78 is 0. The average molecular weight is 229 g/mol. The molecule has 0 saturated carbocycles. The monoisotopic (exact) mass is 229 g/mol. The van der Waals surface area contributed by atoms with E-state index in [0.717, 1.165) is 0 Å². The summed E-state index contributed by atoms with van der Waals surface area (Å²) in [4.78, 5) is 26.0. The number of hydrogen-bond donors (Lipinski definition) is 2. The van der Waals surface area contributed by atoms with Crippen molar-refractivity contribution in [2.24, 2.45) is 5.73 Å². The SMILES string of the molecule is CC(C(=O)N(C)C)N1CCC(N)(C(=O)O)C1. The van der Waals surface area contributed by atoms with Crippen LogP contribution < -0.4 is 5.73 Å². The van der Waals surface area contributed by atoms with Crippen LogP contribution in [0, 0.1) is 0 Å². The molecule has 6 nitrogen and oxygen atoms in total. The van der Waals surface area contributed by atoms with Gasteiger partial charge in [-0.05, 0) is 13.3 Å². The molecule has 0 radical (unpaired) electrons. The first-order chi connectivity index (χ1) is 7.28. The van der Waals surface area contributed by atoms with E-state index in [1.54, 1.807) is 21.0 Å². The fourth-order valence-corrected chi connectivity index (χ4v) is 1.90. The second-order valence-electron chi connectivity index (χ2n) is 4.59. The lowest BCUT2D eigenvalue weighted by Gasteiger charge is -2.27. The number of carbonyl (C=O) groups excluding carboxylic acids is 1. The third-order valence-electron chi connectivity index (χ3n) is 3.10. The van der Waals surface area contributed by atoms with E-state index in [9.17, 15) is 9.59 Å². The highest BCUT2D eigenvalue weighted by Crippen LogP contribution is 2.21. The molecular weight excluding hydrogens is 210 g/mol. The zero-order valence-electron chi connectivity index (χ0n) is 9.93. The molecule has 1 amide bonds. The molecule has 92 valence electrons. The Bertz CT molecular complexity index is 306. The molecule has 2 unspecified atom stereocenters. The van der Waals surface area contributed by atoms with Crippen molar-refractivity contribution in [3.63, 3.8) is 0 Å². The minimum atomic E-state index is -1.21. The van der Waals surface area contributed by atoms with Gasteiger partial charge in [0.1, 0.15) is 5.54 Å². The fraction of sp³-hybridized carbons (Fsp3) is 0.800. The van der Waals surface area contributed by atoms with Crippen LogP contribution in [0.15, 0.2) is 0 Å². The van der Waals surface area contributed by atoms with Crippen LogP contribution in [0.1, 0.15) is 13.3 Å². The van der Waals surface area contributed by atoms with Gasteiger partial charge in [0.25, 0.3) is 0 Å². The molecule has 0 aromatic heterocycles. The predicted octanol–water partition coefficient (Wildman–Crippen LogP) is -1.05. The first kappa shape index (κ1) is 12.9. The molecule has 0 aromatic carbocycles. The van der Waals surface area contributed by atoms with Gasteiger partial charge in [0, 0.05) is 27.2 Å². The summed E-state index contributed by atoms with van der Waals surface area (Å²) in [6.07, 6.45) is 0.382. The van der Waals surface area contributed by atoms with E-state index >= 15 is 0 Å². The predicted molar refractivity (Wildman–Crippen MR) is 58.9 cm³/mol. The number of hydrogen-bond acceptors (Lipinski definition) is 4. The molecule has 0 aromatic rings. The summed E-state index contributed by atoms with van der Waals surface area (Å²) in [6.45, 7) is 2.54. The normalized spacial score (nSPS) is 27.8. The Kier molecular flexibility index (Phi) is 3.54. The van der Waals surface area contributed by atoms with Crippen molar-refractivity contribution >= 4 is 11.9 Å². The lowest BCUT2D eigenvalue weighted by atomic mass is 10.0. The van der Waals surface area contributed by atoms with Gasteiger partial charge < -0.3 is 15.7 Å². The lowest BCUT2D eigenvalue weighted by Crippen LogP contribution is -2.52. The van der Waals surface area contributed by atoms with Crippen molar-refractivity contribution in [2.75, 3.05) is 27.2 Å². The van der Waals surface area contributed by atoms with Crippen molar-refractivity contribution < 1.29 is 14.7 Å². The van der Waals surface area contributed by atoms with Crippen LogP contribution in [0.25, 0.3) is 0 Å². The number of carboxylic acids is 1. The Balaban J connectivity index is 2.66. The molecule has 0 aliphatic carbocycles. The molecular formula is C10H19N3O3. The maximum Gasteiger partial charge on any atom is 0.325 e. The van der Waals surface area contributed by atoms with Crippen molar-refractivity contribution in [1.29, 1.82) is 0 Å². The van der Waals surface area contributed by atoms with Crippen LogP contribution in [0.5, 0.6) is 0 Å². The number of likely N-dealkylation sites (N-methyl/N-ethyl adjacent to an activating group) is 1. The van der Waals surface area contributed by atoms with E-state index in [-0.39, 0.29) is 18.5 Å². The quantitative estimate of drug-likeness (QED) is 0.645. The molecule has 0 spiro atoms. The number of likely N-dealkylation sites (tertiary alicyclic amines) is 1. The van der Waals surface area contributed by atoms with Crippen molar-refractivity contribution in [3.8, 4) is 0 Å². The van der Waals surface area contributed by atoms with E-state index in [1.807, 2.05) is 4.90 Å². The molecule has 2 atom stereocenters. The van der Waals surface area contributed by atoms with Gasteiger partial charge in [-0.2, -0.15) is 0 Å². The molecule has 16 heavy (non-hydrogen) atoms.